The minimum absolute atomic E-state index is 0.144. The van der Waals surface area contributed by atoms with Gasteiger partial charge in [-0.15, -0.1) is 0 Å². The van der Waals surface area contributed by atoms with Gasteiger partial charge in [0, 0.05) is 11.6 Å². The molecule has 3 atom stereocenters. The van der Waals surface area contributed by atoms with E-state index in [1.807, 2.05) is 43.3 Å². The fraction of sp³-hybridized carbons (Fsp3) is 0.286. The van der Waals surface area contributed by atoms with E-state index < -0.39 is 0 Å². The first-order valence-corrected chi connectivity index (χ1v) is 9.53. The van der Waals surface area contributed by atoms with E-state index in [2.05, 4.69) is 17.5 Å². The standard InChI is InChI=1S/C21H19Cl2NO2/c1-2-26-21(25)13-7-9-19-16(10-13)14-4-3-5-15(14)20(24-19)12-6-8-17(22)18(23)11-12/h3-4,6-11,14-15,20,24H,2,5H2,1H3/t14-,15+,20+/m0/s1. The largest absolute Gasteiger partial charge is 0.462 e. The summed E-state index contributed by atoms with van der Waals surface area (Å²) < 4.78 is 5.14. The van der Waals surface area contributed by atoms with Gasteiger partial charge in [-0.1, -0.05) is 41.4 Å². The number of rotatable bonds is 3. The van der Waals surface area contributed by atoms with Crippen LogP contribution in [0.15, 0.2) is 48.6 Å². The van der Waals surface area contributed by atoms with Gasteiger partial charge in [-0.3, -0.25) is 0 Å². The molecule has 2 aromatic carbocycles. The molecular weight excluding hydrogens is 369 g/mol. The highest BCUT2D eigenvalue weighted by atomic mass is 35.5. The van der Waals surface area contributed by atoms with Crippen LogP contribution in [0.4, 0.5) is 5.69 Å². The molecule has 5 heteroatoms. The van der Waals surface area contributed by atoms with Crippen LogP contribution in [-0.4, -0.2) is 12.6 Å². The highest BCUT2D eigenvalue weighted by Gasteiger charge is 2.38. The SMILES string of the molecule is CCOC(=O)c1ccc2c(c1)[C@H]1C=CC[C@H]1[C@@H](c1ccc(Cl)c(Cl)c1)N2. The van der Waals surface area contributed by atoms with Gasteiger partial charge in [-0.2, -0.15) is 0 Å². The number of ether oxygens (including phenoxy) is 1. The van der Waals surface area contributed by atoms with Crippen molar-refractivity contribution in [3.8, 4) is 0 Å². The van der Waals surface area contributed by atoms with Gasteiger partial charge in [0.15, 0.2) is 0 Å². The molecule has 4 rings (SSSR count). The Morgan fingerprint density at radius 1 is 1.19 bits per heavy atom. The first-order chi connectivity index (χ1) is 12.6. The predicted molar refractivity (Wildman–Crippen MR) is 105 cm³/mol. The number of anilines is 1. The van der Waals surface area contributed by atoms with Crippen molar-refractivity contribution in [1.82, 2.24) is 0 Å². The minimum atomic E-state index is -0.277. The molecule has 2 aromatic rings. The molecule has 1 heterocycles. The number of carbonyl (C=O) groups excluding carboxylic acids is 1. The Kier molecular flexibility index (Phi) is 4.68. The van der Waals surface area contributed by atoms with Crippen LogP contribution < -0.4 is 5.32 Å². The molecule has 0 spiro atoms. The molecule has 0 saturated heterocycles. The third-order valence-electron chi connectivity index (χ3n) is 5.18. The molecule has 26 heavy (non-hydrogen) atoms. The molecule has 1 aliphatic heterocycles. The zero-order chi connectivity index (χ0) is 18.3. The van der Waals surface area contributed by atoms with E-state index in [4.69, 9.17) is 27.9 Å². The zero-order valence-corrected chi connectivity index (χ0v) is 15.8. The third kappa shape index (κ3) is 3.00. The van der Waals surface area contributed by atoms with Crippen LogP contribution in [0.3, 0.4) is 0 Å². The highest BCUT2D eigenvalue weighted by Crippen LogP contribution is 2.50. The van der Waals surface area contributed by atoms with E-state index in [0.717, 1.165) is 23.2 Å². The van der Waals surface area contributed by atoms with E-state index in [0.29, 0.717) is 28.1 Å². The highest BCUT2D eigenvalue weighted by molar-refractivity contribution is 6.42. The lowest BCUT2D eigenvalue weighted by Gasteiger charge is -2.37. The number of allylic oxidation sites excluding steroid dienone is 2. The third-order valence-corrected chi connectivity index (χ3v) is 5.92. The lowest BCUT2D eigenvalue weighted by Crippen LogP contribution is -2.29. The maximum absolute atomic E-state index is 12.1. The second kappa shape index (κ2) is 6.98. The Hall–Kier alpha value is -1.97. The number of hydrogen-bond donors (Lipinski definition) is 1. The molecule has 0 bridgehead atoms. The van der Waals surface area contributed by atoms with Gasteiger partial charge >= 0.3 is 5.97 Å². The van der Waals surface area contributed by atoms with E-state index >= 15 is 0 Å². The van der Waals surface area contributed by atoms with Crippen LogP contribution in [0.1, 0.15) is 46.8 Å². The van der Waals surface area contributed by atoms with Gasteiger partial charge < -0.3 is 10.1 Å². The molecule has 2 aliphatic rings. The second-order valence-corrected chi connectivity index (χ2v) is 7.49. The summed E-state index contributed by atoms with van der Waals surface area (Å²) in [5, 5.41) is 4.76. The molecule has 0 unspecified atom stereocenters. The fourth-order valence-corrected chi connectivity index (χ4v) is 4.28. The molecule has 0 radical (unpaired) electrons. The average molecular weight is 388 g/mol. The topological polar surface area (TPSA) is 38.3 Å². The van der Waals surface area contributed by atoms with Crippen molar-refractivity contribution >= 4 is 34.9 Å². The number of benzene rings is 2. The molecule has 0 aromatic heterocycles. The average Bonchev–Trinajstić information content (AvgIpc) is 3.13. The second-order valence-electron chi connectivity index (χ2n) is 6.67. The lowest BCUT2D eigenvalue weighted by atomic mass is 9.76. The summed E-state index contributed by atoms with van der Waals surface area (Å²) in [7, 11) is 0. The van der Waals surface area contributed by atoms with Gasteiger partial charge in [0.05, 0.1) is 28.3 Å². The fourth-order valence-electron chi connectivity index (χ4n) is 3.97. The number of halogens is 2. The van der Waals surface area contributed by atoms with E-state index in [-0.39, 0.29) is 17.9 Å². The van der Waals surface area contributed by atoms with E-state index in [1.54, 1.807) is 0 Å². The molecule has 134 valence electrons. The van der Waals surface area contributed by atoms with Gasteiger partial charge in [0.2, 0.25) is 0 Å². The molecule has 1 aliphatic carbocycles. The van der Waals surface area contributed by atoms with E-state index in [1.165, 1.54) is 0 Å². The van der Waals surface area contributed by atoms with Crippen LogP contribution in [0, 0.1) is 5.92 Å². The summed E-state index contributed by atoms with van der Waals surface area (Å²) in [6.07, 6.45) is 5.43. The van der Waals surface area contributed by atoms with Crippen molar-refractivity contribution < 1.29 is 9.53 Å². The van der Waals surface area contributed by atoms with E-state index in [9.17, 15) is 4.79 Å². The molecular formula is C21H19Cl2NO2. The minimum Gasteiger partial charge on any atom is -0.462 e. The number of hydrogen-bond acceptors (Lipinski definition) is 3. The van der Waals surface area contributed by atoms with Crippen LogP contribution in [0.5, 0.6) is 0 Å². The molecule has 0 amide bonds. The van der Waals surface area contributed by atoms with Crippen LogP contribution in [0.25, 0.3) is 0 Å². The van der Waals surface area contributed by atoms with Crippen molar-refractivity contribution in [2.75, 3.05) is 11.9 Å². The maximum Gasteiger partial charge on any atom is 0.338 e. The molecule has 0 saturated carbocycles. The Morgan fingerprint density at radius 3 is 2.81 bits per heavy atom. The molecule has 1 N–H and O–H groups in total. The van der Waals surface area contributed by atoms with Crippen LogP contribution in [-0.2, 0) is 4.74 Å². The summed E-state index contributed by atoms with van der Waals surface area (Å²) in [4.78, 5) is 12.1. The van der Waals surface area contributed by atoms with Crippen molar-refractivity contribution in [2.45, 2.75) is 25.3 Å². The van der Waals surface area contributed by atoms with Crippen LogP contribution >= 0.6 is 23.2 Å². The Morgan fingerprint density at radius 2 is 2.04 bits per heavy atom. The summed E-state index contributed by atoms with van der Waals surface area (Å²) in [5.41, 5.74) is 3.91. The first kappa shape index (κ1) is 17.4. The van der Waals surface area contributed by atoms with Crippen molar-refractivity contribution in [3.63, 3.8) is 0 Å². The summed E-state index contributed by atoms with van der Waals surface area (Å²) >= 11 is 12.3. The van der Waals surface area contributed by atoms with Crippen molar-refractivity contribution in [3.05, 3.63) is 75.3 Å². The summed E-state index contributed by atoms with van der Waals surface area (Å²) in [5.74, 6) is 0.359. The van der Waals surface area contributed by atoms with Gasteiger partial charge in [-0.05, 0) is 60.7 Å². The number of carbonyl (C=O) groups is 1. The van der Waals surface area contributed by atoms with Gasteiger partial charge in [0.1, 0.15) is 0 Å². The monoisotopic (exact) mass is 387 g/mol. The Balaban J connectivity index is 1.72. The van der Waals surface area contributed by atoms with Gasteiger partial charge in [-0.25, -0.2) is 4.79 Å². The predicted octanol–water partition coefficient (Wildman–Crippen LogP) is 6.00. The molecule has 0 fully saturated rings. The number of fused-ring (bicyclic) bond motifs is 3. The summed E-state index contributed by atoms with van der Waals surface area (Å²) in [6.45, 7) is 2.19. The normalized spacial score (nSPS) is 23.1. The molecule has 3 nitrogen and oxygen atoms in total. The van der Waals surface area contributed by atoms with Crippen molar-refractivity contribution in [2.24, 2.45) is 5.92 Å². The van der Waals surface area contributed by atoms with Crippen molar-refractivity contribution in [1.29, 1.82) is 0 Å². The number of esters is 1. The number of nitrogens with one attached hydrogen (secondary N) is 1. The summed E-state index contributed by atoms with van der Waals surface area (Å²) in [6, 6.07) is 11.7. The lowest BCUT2D eigenvalue weighted by molar-refractivity contribution is 0.0526. The zero-order valence-electron chi connectivity index (χ0n) is 14.3. The smallest absolute Gasteiger partial charge is 0.338 e. The Bertz CT molecular complexity index is 894. The van der Waals surface area contributed by atoms with Crippen LogP contribution in [0.2, 0.25) is 10.0 Å². The Labute approximate surface area is 163 Å². The maximum atomic E-state index is 12.1. The first-order valence-electron chi connectivity index (χ1n) is 8.77. The quantitative estimate of drug-likeness (QED) is 0.518. The van der Waals surface area contributed by atoms with Gasteiger partial charge in [0.25, 0.3) is 0 Å².